The lowest BCUT2D eigenvalue weighted by atomic mass is 10.1. The molecule has 0 atom stereocenters. The molecular formula is C11H8Cl2N4O3. The second-order valence-electron chi connectivity index (χ2n) is 3.72. The second-order valence-corrected chi connectivity index (χ2v) is 4.56. The van der Waals surface area contributed by atoms with Gasteiger partial charge in [0.05, 0.1) is 5.02 Å². The molecule has 0 aliphatic heterocycles. The molecule has 0 radical (unpaired) electrons. The Hall–Kier alpha value is -1.99. The molecule has 7 nitrogen and oxygen atoms in total. The molecular weight excluding hydrogens is 307 g/mol. The zero-order valence-corrected chi connectivity index (χ0v) is 11.5. The second kappa shape index (κ2) is 6.44. The summed E-state index contributed by atoms with van der Waals surface area (Å²) in [6.07, 6.45) is 1.26. The van der Waals surface area contributed by atoms with Gasteiger partial charge in [-0.1, -0.05) is 23.2 Å². The van der Waals surface area contributed by atoms with Crippen molar-refractivity contribution in [2.45, 2.75) is 6.54 Å². The molecule has 0 amide bonds. The minimum Gasteiger partial charge on any atom is -0.456 e. The molecule has 0 unspecified atom stereocenters. The maximum Gasteiger partial charge on any atom is 0.328 e. The fraction of sp³-hybridized carbons (Fsp3) is 0.182. The van der Waals surface area contributed by atoms with Crippen LogP contribution in [-0.2, 0) is 16.1 Å². The summed E-state index contributed by atoms with van der Waals surface area (Å²) < 4.78 is 6.00. The van der Waals surface area contributed by atoms with Gasteiger partial charge in [-0.15, -0.1) is 5.10 Å². The van der Waals surface area contributed by atoms with Crippen LogP contribution >= 0.6 is 23.2 Å². The van der Waals surface area contributed by atoms with Crippen molar-refractivity contribution in [3.63, 3.8) is 0 Å². The number of tetrazole rings is 1. The number of benzene rings is 1. The van der Waals surface area contributed by atoms with Crippen molar-refractivity contribution in [2.24, 2.45) is 0 Å². The quantitative estimate of drug-likeness (QED) is 0.612. The third kappa shape index (κ3) is 3.75. The van der Waals surface area contributed by atoms with Crippen molar-refractivity contribution in [3.05, 3.63) is 40.1 Å². The van der Waals surface area contributed by atoms with Gasteiger partial charge in [-0.05, 0) is 28.6 Å². The van der Waals surface area contributed by atoms with Crippen LogP contribution in [0.1, 0.15) is 10.4 Å². The summed E-state index contributed by atoms with van der Waals surface area (Å²) in [5.74, 6) is -1.05. The number of aromatic nitrogens is 4. The van der Waals surface area contributed by atoms with Crippen LogP contribution in [0.25, 0.3) is 0 Å². The topological polar surface area (TPSA) is 87.0 Å². The largest absolute Gasteiger partial charge is 0.456 e. The molecule has 0 spiro atoms. The normalized spacial score (nSPS) is 10.3. The van der Waals surface area contributed by atoms with E-state index in [4.69, 9.17) is 27.9 Å². The van der Waals surface area contributed by atoms with E-state index < -0.39 is 18.4 Å². The lowest BCUT2D eigenvalue weighted by Crippen LogP contribution is -2.19. The van der Waals surface area contributed by atoms with E-state index in [1.54, 1.807) is 0 Å². The van der Waals surface area contributed by atoms with Crippen LogP contribution < -0.4 is 0 Å². The zero-order valence-electron chi connectivity index (χ0n) is 9.99. The Kier molecular flexibility index (Phi) is 4.65. The Bertz CT molecular complexity index is 631. The summed E-state index contributed by atoms with van der Waals surface area (Å²) in [6, 6.07) is 4.45. The standard InChI is InChI=1S/C11H8Cl2N4O3/c12-7-1-2-8(9(13)3-7)10(18)5-20-11(19)4-17-6-14-15-16-17/h1-3,6H,4-5H2. The van der Waals surface area contributed by atoms with Gasteiger partial charge in [0, 0.05) is 10.6 Å². The van der Waals surface area contributed by atoms with E-state index in [0.29, 0.717) is 5.02 Å². The lowest BCUT2D eigenvalue weighted by molar-refractivity contribution is -0.143. The molecule has 9 heteroatoms. The van der Waals surface area contributed by atoms with Crippen molar-refractivity contribution in [3.8, 4) is 0 Å². The summed E-state index contributed by atoms with van der Waals surface area (Å²) in [5, 5.41) is 10.9. The maximum atomic E-state index is 11.8. The Balaban J connectivity index is 1.90. The first-order valence-electron chi connectivity index (χ1n) is 5.41. The van der Waals surface area contributed by atoms with Crippen LogP contribution in [0.4, 0.5) is 0 Å². The van der Waals surface area contributed by atoms with E-state index in [1.165, 1.54) is 29.2 Å². The summed E-state index contributed by atoms with van der Waals surface area (Å²) >= 11 is 11.6. The minimum atomic E-state index is -0.629. The summed E-state index contributed by atoms with van der Waals surface area (Å²) in [5.41, 5.74) is 0.242. The van der Waals surface area contributed by atoms with Gasteiger partial charge in [-0.3, -0.25) is 9.59 Å². The van der Waals surface area contributed by atoms with E-state index in [9.17, 15) is 9.59 Å². The summed E-state index contributed by atoms with van der Waals surface area (Å²) in [7, 11) is 0. The molecule has 1 heterocycles. The highest BCUT2D eigenvalue weighted by Crippen LogP contribution is 2.21. The molecule has 0 aliphatic rings. The van der Waals surface area contributed by atoms with E-state index in [1.807, 2.05) is 0 Å². The van der Waals surface area contributed by atoms with Crippen molar-refractivity contribution < 1.29 is 14.3 Å². The lowest BCUT2D eigenvalue weighted by Gasteiger charge is -2.05. The van der Waals surface area contributed by atoms with Gasteiger partial charge in [0.1, 0.15) is 12.9 Å². The third-order valence-electron chi connectivity index (χ3n) is 2.28. The summed E-state index contributed by atoms with van der Waals surface area (Å²) in [4.78, 5) is 23.3. The van der Waals surface area contributed by atoms with E-state index in [2.05, 4.69) is 15.5 Å². The van der Waals surface area contributed by atoms with Gasteiger partial charge in [-0.25, -0.2) is 4.68 Å². The number of hydrogen-bond donors (Lipinski definition) is 0. The van der Waals surface area contributed by atoms with E-state index in [-0.39, 0.29) is 17.1 Å². The number of hydrogen-bond acceptors (Lipinski definition) is 6. The van der Waals surface area contributed by atoms with Gasteiger partial charge in [-0.2, -0.15) is 0 Å². The molecule has 2 aromatic rings. The predicted molar refractivity (Wildman–Crippen MR) is 69.6 cm³/mol. The fourth-order valence-electron chi connectivity index (χ4n) is 1.37. The smallest absolute Gasteiger partial charge is 0.328 e. The van der Waals surface area contributed by atoms with Gasteiger partial charge in [0.2, 0.25) is 5.78 Å². The SMILES string of the molecule is O=C(Cn1cnnn1)OCC(=O)c1ccc(Cl)cc1Cl. The van der Waals surface area contributed by atoms with Crippen molar-refractivity contribution in [1.82, 2.24) is 20.2 Å². The van der Waals surface area contributed by atoms with E-state index in [0.717, 1.165) is 0 Å². The average Bonchev–Trinajstić information content (AvgIpc) is 2.89. The van der Waals surface area contributed by atoms with Crippen molar-refractivity contribution >= 4 is 35.0 Å². The van der Waals surface area contributed by atoms with Gasteiger partial charge in [0.15, 0.2) is 6.61 Å². The number of ketones is 1. The minimum absolute atomic E-state index is 0.172. The Labute approximate surface area is 123 Å². The molecule has 0 fully saturated rings. The Morgan fingerprint density at radius 3 is 2.75 bits per heavy atom. The van der Waals surface area contributed by atoms with Crippen molar-refractivity contribution in [1.29, 1.82) is 0 Å². The van der Waals surface area contributed by atoms with Crippen LogP contribution in [0.3, 0.4) is 0 Å². The van der Waals surface area contributed by atoms with Crippen LogP contribution in [0, 0.1) is 0 Å². The van der Waals surface area contributed by atoms with E-state index >= 15 is 0 Å². The molecule has 104 valence electrons. The first kappa shape index (κ1) is 14.4. The van der Waals surface area contributed by atoms with Crippen LogP contribution in [0.15, 0.2) is 24.5 Å². The average molecular weight is 315 g/mol. The fourth-order valence-corrected chi connectivity index (χ4v) is 1.88. The molecule has 1 aromatic carbocycles. The number of ether oxygens (including phenoxy) is 1. The number of nitrogens with zero attached hydrogens (tertiary/aromatic N) is 4. The highest BCUT2D eigenvalue weighted by molar-refractivity contribution is 6.36. The molecule has 0 aliphatic carbocycles. The Morgan fingerprint density at radius 2 is 2.10 bits per heavy atom. The number of carbonyl (C=O) groups excluding carboxylic acids is 2. The van der Waals surface area contributed by atoms with Gasteiger partial charge >= 0.3 is 5.97 Å². The highest BCUT2D eigenvalue weighted by Gasteiger charge is 2.14. The predicted octanol–water partition coefficient (Wildman–Crippen LogP) is 1.41. The zero-order chi connectivity index (χ0) is 14.5. The van der Waals surface area contributed by atoms with Crippen molar-refractivity contribution in [2.75, 3.05) is 6.61 Å². The number of rotatable bonds is 5. The highest BCUT2D eigenvalue weighted by atomic mass is 35.5. The first-order chi connectivity index (χ1) is 9.56. The van der Waals surface area contributed by atoms with Gasteiger partial charge < -0.3 is 4.74 Å². The summed E-state index contributed by atoms with van der Waals surface area (Å²) in [6.45, 7) is -0.586. The first-order valence-corrected chi connectivity index (χ1v) is 6.16. The third-order valence-corrected chi connectivity index (χ3v) is 2.83. The Morgan fingerprint density at radius 1 is 1.30 bits per heavy atom. The monoisotopic (exact) mass is 314 g/mol. The van der Waals surface area contributed by atoms with Crippen LogP contribution in [-0.4, -0.2) is 38.6 Å². The van der Waals surface area contributed by atoms with Crippen LogP contribution in [0.5, 0.6) is 0 Å². The molecule has 0 bridgehead atoms. The maximum absolute atomic E-state index is 11.8. The van der Waals surface area contributed by atoms with Gasteiger partial charge in [0.25, 0.3) is 0 Å². The number of Topliss-reactive ketones (excluding diaryl/α,β-unsaturated/α-hetero) is 1. The molecule has 20 heavy (non-hydrogen) atoms. The molecule has 1 aromatic heterocycles. The molecule has 0 saturated heterocycles. The molecule has 2 rings (SSSR count). The number of carbonyl (C=O) groups is 2. The number of halogens is 2. The molecule has 0 saturated carbocycles. The molecule has 0 N–H and O–H groups in total. The van der Waals surface area contributed by atoms with Crippen LogP contribution in [0.2, 0.25) is 10.0 Å². The number of esters is 1.